The lowest BCUT2D eigenvalue weighted by molar-refractivity contribution is -0.143. The van der Waals surface area contributed by atoms with Crippen LogP contribution in [0.1, 0.15) is 42.4 Å². The van der Waals surface area contributed by atoms with Crippen molar-refractivity contribution in [2.45, 2.75) is 63.6 Å². The zero-order valence-corrected chi connectivity index (χ0v) is 28.3. The number of rotatable bonds is 6. The summed E-state index contributed by atoms with van der Waals surface area (Å²) in [5.41, 5.74) is 4.39. The molecule has 2 radical (unpaired) electrons. The van der Waals surface area contributed by atoms with Crippen LogP contribution in [0, 0.1) is 6.92 Å². The van der Waals surface area contributed by atoms with Gasteiger partial charge in [0.05, 0.1) is 0 Å². The van der Waals surface area contributed by atoms with Crippen LogP contribution in [0.2, 0.25) is 0 Å². The summed E-state index contributed by atoms with van der Waals surface area (Å²) in [6.07, 6.45) is 3.14. The Balaban J connectivity index is 1.09. The molecule has 2 aromatic rings. The van der Waals surface area contributed by atoms with Crippen LogP contribution in [-0.2, 0) is 22.4 Å². The summed E-state index contributed by atoms with van der Waals surface area (Å²) < 4.78 is 6.91. The van der Waals surface area contributed by atoms with Crippen LogP contribution in [0.4, 0.5) is 15.3 Å². The van der Waals surface area contributed by atoms with Gasteiger partial charge in [0.1, 0.15) is 7.85 Å². The highest BCUT2D eigenvalue weighted by Gasteiger charge is 2.36. The van der Waals surface area contributed by atoms with E-state index in [2.05, 4.69) is 31.5 Å². The zero-order chi connectivity index (χ0) is 32.2. The number of urea groups is 1. The van der Waals surface area contributed by atoms with Crippen LogP contribution in [0.3, 0.4) is 0 Å². The third-order valence-corrected chi connectivity index (χ3v) is 11.0. The Bertz CT molecular complexity index is 1400. The van der Waals surface area contributed by atoms with Gasteiger partial charge in [-0.05, 0) is 80.9 Å². The number of piperazine rings is 1. The van der Waals surface area contributed by atoms with Gasteiger partial charge in [-0.3, -0.25) is 9.69 Å². The number of para-hydroxylation sites is 1. The molecule has 12 heteroatoms. The van der Waals surface area contributed by atoms with Crippen molar-refractivity contribution >= 4 is 53.0 Å². The maximum Gasteiger partial charge on any atom is 0.410 e. The van der Waals surface area contributed by atoms with E-state index >= 15 is 0 Å². The summed E-state index contributed by atoms with van der Waals surface area (Å²) in [7, 11) is 6.26. The second kappa shape index (κ2) is 14.8. The first kappa shape index (κ1) is 32.8. The van der Waals surface area contributed by atoms with E-state index in [1.165, 1.54) is 0 Å². The van der Waals surface area contributed by atoms with E-state index in [-0.39, 0.29) is 24.4 Å². The molecule has 10 nitrogen and oxygen atoms in total. The van der Waals surface area contributed by atoms with Gasteiger partial charge in [0.2, 0.25) is 0 Å². The molecule has 0 spiro atoms. The fourth-order valence-electron chi connectivity index (χ4n) is 7.25. The minimum Gasteiger partial charge on any atom is -0.436 e. The molecule has 0 aliphatic carbocycles. The molecule has 4 amide bonds. The normalized spacial score (nSPS) is 20.9. The Labute approximate surface area is 281 Å². The van der Waals surface area contributed by atoms with Gasteiger partial charge >= 0.3 is 12.1 Å². The van der Waals surface area contributed by atoms with E-state index < -0.39 is 12.2 Å². The second-order valence-electron chi connectivity index (χ2n) is 13.0. The smallest absolute Gasteiger partial charge is 0.410 e. The van der Waals surface area contributed by atoms with E-state index in [9.17, 15) is 14.4 Å². The number of hydrogen-bond donors (Lipinski definition) is 2. The maximum absolute atomic E-state index is 14.0. The van der Waals surface area contributed by atoms with Crippen molar-refractivity contribution in [1.82, 2.24) is 24.9 Å². The van der Waals surface area contributed by atoms with Crippen LogP contribution in [0.25, 0.3) is 0 Å². The number of nitrogens with one attached hydrogen (secondary N) is 2. The molecule has 3 saturated heterocycles. The Morgan fingerprint density at radius 3 is 2.39 bits per heavy atom. The Kier molecular flexibility index (Phi) is 10.5. The van der Waals surface area contributed by atoms with Gasteiger partial charge in [0.25, 0.3) is 5.91 Å². The molecular formula is C34H44BBrN6O4. The molecule has 2 N–H and O–H groups in total. The third kappa shape index (κ3) is 7.55. The fourth-order valence-corrected chi connectivity index (χ4v) is 7.77. The number of ether oxygens (including phenoxy) is 1. The van der Waals surface area contributed by atoms with Crippen LogP contribution in [-0.4, -0.2) is 123 Å². The molecule has 46 heavy (non-hydrogen) atoms. The zero-order valence-electron chi connectivity index (χ0n) is 26.7. The first-order valence-electron chi connectivity index (χ1n) is 16.7. The van der Waals surface area contributed by atoms with E-state index in [0.717, 1.165) is 72.3 Å². The van der Waals surface area contributed by atoms with E-state index in [1.807, 2.05) is 53.1 Å². The molecule has 244 valence electrons. The van der Waals surface area contributed by atoms with Crippen molar-refractivity contribution in [3.63, 3.8) is 0 Å². The predicted molar refractivity (Wildman–Crippen MR) is 183 cm³/mol. The first-order valence-corrected chi connectivity index (χ1v) is 17.4. The fraction of sp³-hybridized carbons (Fsp3) is 0.559. The predicted octanol–water partition coefficient (Wildman–Crippen LogP) is 3.05. The quantitative estimate of drug-likeness (QED) is 0.453. The number of anilines is 1. The summed E-state index contributed by atoms with van der Waals surface area (Å²) in [5.74, 6) is -0.163. The number of piperidine rings is 2. The van der Waals surface area contributed by atoms with Crippen LogP contribution < -0.4 is 16.1 Å². The van der Waals surface area contributed by atoms with Gasteiger partial charge in [0, 0.05) is 74.5 Å². The molecule has 0 unspecified atom stereocenters. The van der Waals surface area contributed by atoms with E-state index in [4.69, 9.17) is 12.6 Å². The molecular weight excluding hydrogens is 647 g/mol. The lowest BCUT2D eigenvalue weighted by atomic mass is 9.88. The van der Waals surface area contributed by atoms with Crippen molar-refractivity contribution in [2.24, 2.45) is 0 Å². The lowest BCUT2D eigenvalue weighted by Crippen LogP contribution is -2.56. The van der Waals surface area contributed by atoms with Gasteiger partial charge in [-0.25, -0.2) is 9.59 Å². The number of carbonyl (C=O) groups is 3. The standard InChI is InChI=1S/C34H44BBrN6O4/c1-23-28(35)20-24(21-29(23)36)22-31(32(43)40-18-16-39(17-19-40)26-6-11-37-12-7-26)46-34(45)41-13-9-27(10-14-41)42-15-8-25-4-2-3-5-30(25)38-33(42)44/h2-5,20-21,26-27,31,37H,6-19,22H2,1H3,(H,38,44)/t31-/m1/s1. The minimum absolute atomic E-state index is 0.0277. The average Bonchev–Trinajstić information content (AvgIpc) is 3.25. The van der Waals surface area contributed by atoms with Gasteiger partial charge in [-0.2, -0.15) is 0 Å². The monoisotopic (exact) mass is 690 g/mol. The number of fused-ring (bicyclic) bond motifs is 1. The Morgan fingerprint density at radius 1 is 0.957 bits per heavy atom. The lowest BCUT2D eigenvalue weighted by Gasteiger charge is -2.41. The number of hydrogen-bond acceptors (Lipinski definition) is 6. The summed E-state index contributed by atoms with van der Waals surface area (Å²) in [6.45, 7) is 8.43. The van der Waals surface area contributed by atoms with Gasteiger partial charge in [-0.1, -0.05) is 45.7 Å². The molecule has 0 aromatic heterocycles. The highest BCUT2D eigenvalue weighted by atomic mass is 79.9. The summed E-state index contributed by atoms with van der Waals surface area (Å²) in [6, 6.07) is 12.2. The van der Waals surface area contributed by atoms with Crippen molar-refractivity contribution in [2.75, 3.05) is 64.2 Å². The number of carbonyl (C=O) groups excluding carboxylic acids is 3. The molecule has 4 aliphatic rings. The van der Waals surface area contributed by atoms with Gasteiger partial charge < -0.3 is 30.1 Å². The van der Waals surface area contributed by atoms with Crippen LogP contribution in [0.15, 0.2) is 40.9 Å². The Morgan fingerprint density at radius 2 is 1.67 bits per heavy atom. The van der Waals surface area contributed by atoms with Gasteiger partial charge in [-0.15, -0.1) is 0 Å². The maximum atomic E-state index is 14.0. The molecule has 3 fully saturated rings. The average molecular weight is 691 g/mol. The van der Waals surface area contributed by atoms with Crippen molar-refractivity contribution < 1.29 is 19.1 Å². The SMILES string of the molecule is [B]c1cc(C[C@@H](OC(=O)N2CCC(N3CCc4ccccc4NC3=O)CC2)C(=O)N2CCN(C3CCNCC3)CC2)cc(Br)c1C. The van der Waals surface area contributed by atoms with Crippen molar-refractivity contribution in [3.8, 4) is 0 Å². The largest absolute Gasteiger partial charge is 0.436 e. The molecule has 0 bridgehead atoms. The summed E-state index contributed by atoms with van der Waals surface area (Å²) in [4.78, 5) is 48.5. The molecule has 2 aromatic carbocycles. The molecule has 6 rings (SSSR count). The van der Waals surface area contributed by atoms with Crippen molar-refractivity contribution in [3.05, 3.63) is 57.6 Å². The van der Waals surface area contributed by atoms with Crippen LogP contribution in [0.5, 0.6) is 0 Å². The van der Waals surface area contributed by atoms with Crippen molar-refractivity contribution in [1.29, 1.82) is 0 Å². The molecule has 4 heterocycles. The molecule has 4 aliphatic heterocycles. The van der Waals surface area contributed by atoms with E-state index in [0.29, 0.717) is 57.1 Å². The van der Waals surface area contributed by atoms with Crippen LogP contribution >= 0.6 is 15.9 Å². The highest BCUT2D eigenvalue weighted by Crippen LogP contribution is 2.26. The van der Waals surface area contributed by atoms with E-state index in [1.54, 1.807) is 4.90 Å². The first-order chi connectivity index (χ1) is 22.3. The molecule has 1 atom stereocenters. The number of nitrogens with zero attached hydrogens (tertiary/aromatic N) is 4. The number of benzene rings is 2. The minimum atomic E-state index is -0.959. The topological polar surface area (TPSA) is 97.5 Å². The third-order valence-electron chi connectivity index (χ3n) is 10.1. The number of likely N-dealkylation sites (tertiary alicyclic amines) is 1. The Hall–Kier alpha value is -3.09. The number of halogens is 1. The molecule has 0 saturated carbocycles. The summed E-state index contributed by atoms with van der Waals surface area (Å²) in [5, 5.41) is 6.48. The highest BCUT2D eigenvalue weighted by molar-refractivity contribution is 9.10. The van der Waals surface area contributed by atoms with Gasteiger partial charge in [0.15, 0.2) is 6.10 Å². The second-order valence-corrected chi connectivity index (χ2v) is 13.8. The summed E-state index contributed by atoms with van der Waals surface area (Å²) >= 11 is 3.58. The number of amides is 4.